The van der Waals surface area contributed by atoms with Crippen LogP contribution in [-0.4, -0.2) is 9.78 Å². The van der Waals surface area contributed by atoms with E-state index in [1.54, 1.807) is 12.3 Å². The van der Waals surface area contributed by atoms with E-state index in [2.05, 4.69) is 5.10 Å². The summed E-state index contributed by atoms with van der Waals surface area (Å²) in [5, 5.41) is 3.80. The summed E-state index contributed by atoms with van der Waals surface area (Å²) >= 11 is 0. The molecule has 0 aliphatic heterocycles. The summed E-state index contributed by atoms with van der Waals surface area (Å²) in [6.07, 6.45) is 1.60. The number of rotatable bonds is 1. The van der Waals surface area contributed by atoms with E-state index in [4.69, 9.17) is 0 Å². The molecule has 9 heavy (non-hydrogen) atoms. The standard InChI is InChI=1S/C6H8N2O/c1-2-8-6(9)4-3-5-7-8/h3-5H,2H2,1H3. The lowest BCUT2D eigenvalue weighted by atomic mass is 10.6. The Bertz CT molecular complexity index is 241. The van der Waals surface area contributed by atoms with Gasteiger partial charge in [-0.05, 0) is 13.0 Å². The van der Waals surface area contributed by atoms with Gasteiger partial charge in [-0.25, -0.2) is 4.68 Å². The fourth-order valence-electron chi connectivity index (χ4n) is 0.625. The van der Waals surface area contributed by atoms with Crippen molar-refractivity contribution in [3.63, 3.8) is 0 Å². The van der Waals surface area contributed by atoms with Crippen LogP contribution in [0.25, 0.3) is 0 Å². The summed E-state index contributed by atoms with van der Waals surface area (Å²) < 4.78 is 1.40. The third kappa shape index (κ3) is 1.16. The molecule has 1 aromatic heterocycles. The lowest BCUT2D eigenvalue weighted by Crippen LogP contribution is -2.19. The summed E-state index contributed by atoms with van der Waals surface area (Å²) in [4.78, 5) is 10.8. The predicted octanol–water partition coefficient (Wildman–Crippen LogP) is 0.263. The van der Waals surface area contributed by atoms with Crippen molar-refractivity contribution >= 4 is 0 Å². The van der Waals surface area contributed by atoms with Gasteiger partial charge in [0.1, 0.15) is 0 Å². The largest absolute Gasteiger partial charge is 0.268 e. The molecule has 1 rings (SSSR count). The maximum absolute atomic E-state index is 10.8. The quantitative estimate of drug-likeness (QED) is 0.538. The zero-order chi connectivity index (χ0) is 6.69. The fraction of sp³-hybridized carbons (Fsp3) is 0.333. The van der Waals surface area contributed by atoms with Crippen LogP contribution in [0.4, 0.5) is 0 Å². The second-order valence-corrected chi connectivity index (χ2v) is 1.68. The van der Waals surface area contributed by atoms with Crippen LogP contribution in [0.15, 0.2) is 23.1 Å². The topological polar surface area (TPSA) is 34.9 Å². The SMILES string of the molecule is CCn1ncccc1=O. The third-order valence-corrected chi connectivity index (χ3v) is 1.08. The molecule has 0 spiro atoms. The Morgan fingerprint density at radius 3 is 3.00 bits per heavy atom. The van der Waals surface area contributed by atoms with Gasteiger partial charge in [0.15, 0.2) is 0 Å². The molecule has 0 amide bonds. The normalized spacial score (nSPS) is 9.44. The van der Waals surface area contributed by atoms with Crippen LogP contribution in [0, 0.1) is 0 Å². The molecular formula is C6H8N2O. The maximum atomic E-state index is 10.8. The molecule has 0 saturated heterocycles. The average Bonchev–Trinajstić information content (AvgIpc) is 1.89. The third-order valence-electron chi connectivity index (χ3n) is 1.08. The van der Waals surface area contributed by atoms with Crippen molar-refractivity contribution in [1.82, 2.24) is 9.78 Å². The smallest absolute Gasteiger partial charge is 0.266 e. The van der Waals surface area contributed by atoms with Crippen LogP contribution < -0.4 is 5.56 Å². The Labute approximate surface area is 52.9 Å². The fourth-order valence-corrected chi connectivity index (χ4v) is 0.625. The molecule has 0 unspecified atom stereocenters. The van der Waals surface area contributed by atoms with Gasteiger partial charge in [0.25, 0.3) is 5.56 Å². The van der Waals surface area contributed by atoms with Crippen molar-refractivity contribution in [2.75, 3.05) is 0 Å². The first-order chi connectivity index (χ1) is 4.34. The highest BCUT2D eigenvalue weighted by Gasteiger charge is 1.86. The van der Waals surface area contributed by atoms with Crippen molar-refractivity contribution in [2.45, 2.75) is 13.5 Å². The Hall–Kier alpha value is -1.12. The van der Waals surface area contributed by atoms with Crippen molar-refractivity contribution < 1.29 is 0 Å². The highest BCUT2D eigenvalue weighted by atomic mass is 16.1. The number of aromatic nitrogens is 2. The molecule has 0 bridgehead atoms. The molecule has 0 fully saturated rings. The molecule has 0 N–H and O–H groups in total. The molecule has 0 saturated carbocycles. The van der Waals surface area contributed by atoms with Crippen LogP contribution in [0.3, 0.4) is 0 Å². The van der Waals surface area contributed by atoms with E-state index in [9.17, 15) is 4.79 Å². The molecule has 3 nitrogen and oxygen atoms in total. The van der Waals surface area contributed by atoms with Gasteiger partial charge >= 0.3 is 0 Å². The number of hydrogen-bond donors (Lipinski definition) is 0. The van der Waals surface area contributed by atoms with Gasteiger partial charge in [0.2, 0.25) is 0 Å². The van der Waals surface area contributed by atoms with Gasteiger partial charge in [-0.2, -0.15) is 5.10 Å². The zero-order valence-corrected chi connectivity index (χ0v) is 5.24. The van der Waals surface area contributed by atoms with E-state index in [-0.39, 0.29) is 5.56 Å². The highest BCUT2D eigenvalue weighted by molar-refractivity contribution is 4.84. The van der Waals surface area contributed by atoms with E-state index in [1.807, 2.05) is 6.92 Å². The van der Waals surface area contributed by atoms with Crippen molar-refractivity contribution in [3.05, 3.63) is 28.7 Å². The van der Waals surface area contributed by atoms with Gasteiger partial charge in [0, 0.05) is 18.8 Å². The van der Waals surface area contributed by atoms with Gasteiger partial charge in [-0.15, -0.1) is 0 Å². The number of aryl methyl sites for hydroxylation is 1. The van der Waals surface area contributed by atoms with Crippen molar-refractivity contribution in [3.8, 4) is 0 Å². The van der Waals surface area contributed by atoms with E-state index >= 15 is 0 Å². The lowest BCUT2D eigenvalue weighted by Gasteiger charge is -1.94. The maximum Gasteiger partial charge on any atom is 0.266 e. The molecule has 3 heteroatoms. The predicted molar refractivity (Wildman–Crippen MR) is 34.2 cm³/mol. The van der Waals surface area contributed by atoms with E-state index < -0.39 is 0 Å². The summed E-state index contributed by atoms with van der Waals surface area (Å²) in [5.74, 6) is 0. The van der Waals surface area contributed by atoms with Gasteiger partial charge in [-0.3, -0.25) is 4.79 Å². The molecule has 0 radical (unpaired) electrons. The molecule has 48 valence electrons. The molecule has 1 aromatic rings. The Kier molecular flexibility index (Phi) is 1.63. The molecule has 1 heterocycles. The van der Waals surface area contributed by atoms with Crippen LogP contribution in [0.1, 0.15) is 6.92 Å². The van der Waals surface area contributed by atoms with Crippen molar-refractivity contribution in [1.29, 1.82) is 0 Å². The highest BCUT2D eigenvalue weighted by Crippen LogP contribution is 1.72. The van der Waals surface area contributed by atoms with Gasteiger partial charge in [0.05, 0.1) is 0 Å². The Morgan fingerprint density at radius 1 is 1.78 bits per heavy atom. The van der Waals surface area contributed by atoms with E-state index in [1.165, 1.54) is 10.7 Å². The van der Waals surface area contributed by atoms with Crippen LogP contribution >= 0.6 is 0 Å². The van der Waals surface area contributed by atoms with Gasteiger partial charge < -0.3 is 0 Å². The second-order valence-electron chi connectivity index (χ2n) is 1.68. The Balaban J connectivity index is 3.16. The lowest BCUT2D eigenvalue weighted by molar-refractivity contribution is 0.615. The Morgan fingerprint density at radius 2 is 2.56 bits per heavy atom. The monoisotopic (exact) mass is 124 g/mol. The average molecular weight is 124 g/mol. The summed E-state index contributed by atoms with van der Waals surface area (Å²) in [7, 11) is 0. The minimum Gasteiger partial charge on any atom is -0.268 e. The summed E-state index contributed by atoms with van der Waals surface area (Å²) in [5.41, 5.74) is -0.0417. The summed E-state index contributed by atoms with van der Waals surface area (Å²) in [6, 6.07) is 3.13. The van der Waals surface area contributed by atoms with E-state index in [0.29, 0.717) is 6.54 Å². The number of hydrogen-bond acceptors (Lipinski definition) is 2. The minimum absolute atomic E-state index is 0.0417. The first-order valence-electron chi connectivity index (χ1n) is 2.86. The molecule has 0 atom stereocenters. The van der Waals surface area contributed by atoms with Crippen LogP contribution in [-0.2, 0) is 6.54 Å². The first-order valence-corrected chi connectivity index (χ1v) is 2.86. The molecule has 0 aromatic carbocycles. The summed E-state index contributed by atoms with van der Waals surface area (Å²) in [6.45, 7) is 2.52. The zero-order valence-electron chi connectivity index (χ0n) is 5.24. The molecular weight excluding hydrogens is 116 g/mol. The van der Waals surface area contributed by atoms with Crippen LogP contribution in [0.2, 0.25) is 0 Å². The first kappa shape index (κ1) is 6.01. The van der Waals surface area contributed by atoms with E-state index in [0.717, 1.165) is 0 Å². The number of nitrogens with zero attached hydrogens (tertiary/aromatic N) is 2. The molecule has 0 aliphatic rings. The van der Waals surface area contributed by atoms with Crippen molar-refractivity contribution in [2.24, 2.45) is 0 Å². The van der Waals surface area contributed by atoms with Crippen LogP contribution in [0.5, 0.6) is 0 Å². The molecule has 0 aliphatic carbocycles. The minimum atomic E-state index is -0.0417. The van der Waals surface area contributed by atoms with Gasteiger partial charge in [-0.1, -0.05) is 0 Å². The second kappa shape index (κ2) is 2.44.